The van der Waals surface area contributed by atoms with E-state index >= 15 is 0 Å². The summed E-state index contributed by atoms with van der Waals surface area (Å²) in [4.78, 5) is 0. The fraction of sp³-hybridized carbons (Fsp3) is 0.333. The minimum atomic E-state index is -1.46. The second kappa shape index (κ2) is 6.11. The summed E-state index contributed by atoms with van der Waals surface area (Å²) < 4.78 is 52.7. The van der Waals surface area contributed by atoms with Crippen molar-refractivity contribution in [3.8, 4) is 11.1 Å². The van der Waals surface area contributed by atoms with Crippen LogP contribution in [0.25, 0.3) is 11.1 Å². The van der Waals surface area contributed by atoms with Crippen molar-refractivity contribution >= 4 is 0 Å². The van der Waals surface area contributed by atoms with Crippen LogP contribution in [0.4, 0.5) is 17.6 Å². The second-order valence-electron chi connectivity index (χ2n) is 5.82. The Kier molecular flexibility index (Phi) is 4.19. The lowest BCUT2D eigenvalue weighted by Crippen LogP contribution is -2.13. The Balaban J connectivity index is 1.82. The quantitative estimate of drug-likeness (QED) is 0.488. The summed E-state index contributed by atoms with van der Waals surface area (Å²) in [5.74, 6) is -3.51. The number of benzene rings is 2. The zero-order valence-corrected chi connectivity index (χ0v) is 12.0. The SMILES string of the molecule is Fc1cc(-c2ccc(C3CCC(F)CC3)cc2)cc(F)c1F. The van der Waals surface area contributed by atoms with Gasteiger partial charge in [0.1, 0.15) is 6.17 Å². The summed E-state index contributed by atoms with van der Waals surface area (Å²) in [5, 5.41) is 0. The molecule has 1 saturated carbocycles. The first-order chi connectivity index (χ1) is 10.5. The first-order valence-electron chi connectivity index (χ1n) is 7.43. The molecule has 0 amide bonds. The van der Waals surface area contributed by atoms with Gasteiger partial charge in [0, 0.05) is 0 Å². The highest BCUT2D eigenvalue weighted by atomic mass is 19.2. The Bertz CT molecular complexity index is 632. The van der Waals surface area contributed by atoms with Crippen molar-refractivity contribution in [1.82, 2.24) is 0 Å². The van der Waals surface area contributed by atoms with Gasteiger partial charge in [0.05, 0.1) is 0 Å². The molecule has 1 fully saturated rings. The van der Waals surface area contributed by atoms with Crippen molar-refractivity contribution in [3.63, 3.8) is 0 Å². The molecule has 0 aromatic heterocycles. The Hall–Kier alpha value is -1.84. The standard InChI is InChI=1S/C18H16F4/c19-15-7-5-12(6-8-15)11-1-3-13(4-2-11)14-9-16(20)18(22)17(21)10-14/h1-4,9-10,12,15H,5-8H2. The molecule has 116 valence electrons. The van der Waals surface area contributed by atoms with Gasteiger partial charge in [-0.15, -0.1) is 0 Å². The monoisotopic (exact) mass is 308 g/mol. The van der Waals surface area contributed by atoms with Crippen molar-refractivity contribution in [1.29, 1.82) is 0 Å². The van der Waals surface area contributed by atoms with Gasteiger partial charge in [0.15, 0.2) is 17.5 Å². The highest BCUT2D eigenvalue weighted by molar-refractivity contribution is 5.64. The highest BCUT2D eigenvalue weighted by Crippen LogP contribution is 2.35. The molecular formula is C18H16F4. The van der Waals surface area contributed by atoms with Gasteiger partial charge >= 0.3 is 0 Å². The molecule has 0 saturated heterocycles. The molecule has 0 heterocycles. The zero-order valence-electron chi connectivity index (χ0n) is 12.0. The Morgan fingerprint density at radius 2 is 1.27 bits per heavy atom. The number of hydrogen-bond acceptors (Lipinski definition) is 0. The molecule has 4 heteroatoms. The largest absolute Gasteiger partial charge is 0.247 e. The van der Waals surface area contributed by atoms with Crippen molar-refractivity contribution in [2.45, 2.75) is 37.8 Å². The molecular weight excluding hydrogens is 292 g/mol. The molecule has 0 N–H and O–H groups in total. The van der Waals surface area contributed by atoms with E-state index in [-0.39, 0.29) is 0 Å². The van der Waals surface area contributed by atoms with Gasteiger partial charge in [0.25, 0.3) is 0 Å². The van der Waals surface area contributed by atoms with Crippen molar-refractivity contribution in [3.05, 3.63) is 59.4 Å². The third kappa shape index (κ3) is 3.01. The van der Waals surface area contributed by atoms with Gasteiger partial charge < -0.3 is 0 Å². The average Bonchev–Trinajstić information content (AvgIpc) is 2.53. The minimum absolute atomic E-state index is 0.301. The third-order valence-corrected chi connectivity index (χ3v) is 4.36. The van der Waals surface area contributed by atoms with Crippen LogP contribution in [0, 0.1) is 17.5 Å². The van der Waals surface area contributed by atoms with Gasteiger partial charge in [-0.25, -0.2) is 17.6 Å². The predicted molar refractivity (Wildman–Crippen MR) is 77.9 cm³/mol. The van der Waals surface area contributed by atoms with Crippen LogP contribution in [0.15, 0.2) is 36.4 Å². The minimum Gasteiger partial charge on any atom is -0.247 e. The first kappa shape index (κ1) is 15.1. The van der Waals surface area contributed by atoms with Crippen molar-refractivity contribution < 1.29 is 17.6 Å². The normalized spacial score (nSPS) is 21.8. The van der Waals surface area contributed by atoms with Gasteiger partial charge in [-0.3, -0.25) is 0 Å². The van der Waals surface area contributed by atoms with Crippen LogP contribution in [0.1, 0.15) is 37.2 Å². The van der Waals surface area contributed by atoms with Crippen LogP contribution < -0.4 is 0 Å². The number of alkyl halides is 1. The van der Waals surface area contributed by atoms with E-state index in [2.05, 4.69) is 0 Å². The highest BCUT2D eigenvalue weighted by Gasteiger charge is 2.21. The summed E-state index contributed by atoms with van der Waals surface area (Å²) in [6.07, 6.45) is 2.11. The molecule has 0 nitrogen and oxygen atoms in total. The molecule has 0 spiro atoms. The lowest BCUT2D eigenvalue weighted by Gasteiger charge is -2.24. The van der Waals surface area contributed by atoms with Crippen LogP contribution in [0.5, 0.6) is 0 Å². The molecule has 3 rings (SSSR count). The van der Waals surface area contributed by atoms with E-state index in [0.717, 1.165) is 30.5 Å². The second-order valence-corrected chi connectivity index (χ2v) is 5.82. The van der Waals surface area contributed by atoms with Crippen LogP contribution in [-0.4, -0.2) is 6.17 Å². The van der Waals surface area contributed by atoms with Crippen molar-refractivity contribution in [2.75, 3.05) is 0 Å². The van der Waals surface area contributed by atoms with E-state index in [1.807, 2.05) is 12.1 Å². The van der Waals surface area contributed by atoms with E-state index in [9.17, 15) is 17.6 Å². The molecule has 1 aliphatic carbocycles. The fourth-order valence-corrected chi connectivity index (χ4v) is 3.06. The van der Waals surface area contributed by atoms with E-state index < -0.39 is 23.6 Å². The van der Waals surface area contributed by atoms with Crippen LogP contribution >= 0.6 is 0 Å². The Labute approximate surface area is 126 Å². The molecule has 0 atom stereocenters. The van der Waals surface area contributed by atoms with E-state index in [0.29, 0.717) is 29.9 Å². The molecule has 0 aliphatic heterocycles. The fourth-order valence-electron chi connectivity index (χ4n) is 3.06. The molecule has 0 unspecified atom stereocenters. The summed E-state index contributed by atoms with van der Waals surface area (Å²) in [7, 11) is 0. The van der Waals surface area contributed by atoms with Crippen LogP contribution in [-0.2, 0) is 0 Å². The summed E-state index contributed by atoms with van der Waals surface area (Å²) >= 11 is 0. The molecule has 0 radical (unpaired) electrons. The summed E-state index contributed by atoms with van der Waals surface area (Å²) in [6, 6.07) is 9.31. The average molecular weight is 308 g/mol. The molecule has 0 bridgehead atoms. The molecule has 2 aromatic rings. The van der Waals surface area contributed by atoms with Crippen LogP contribution in [0.2, 0.25) is 0 Å². The van der Waals surface area contributed by atoms with E-state index in [4.69, 9.17) is 0 Å². The maximum atomic E-state index is 13.3. The van der Waals surface area contributed by atoms with Gasteiger partial charge in [0.2, 0.25) is 0 Å². The van der Waals surface area contributed by atoms with E-state index in [1.165, 1.54) is 0 Å². The van der Waals surface area contributed by atoms with Gasteiger partial charge in [-0.05, 0) is 60.4 Å². The summed E-state index contributed by atoms with van der Waals surface area (Å²) in [6.45, 7) is 0. The predicted octanol–water partition coefficient (Wildman–Crippen LogP) is 5.77. The lowest BCUT2D eigenvalue weighted by molar-refractivity contribution is 0.235. The smallest absolute Gasteiger partial charge is 0.194 e. The molecule has 1 aliphatic rings. The van der Waals surface area contributed by atoms with E-state index in [1.54, 1.807) is 12.1 Å². The topological polar surface area (TPSA) is 0 Å². The molecule has 2 aromatic carbocycles. The maximum Gasteiger partial charge on any atom is 0.194 e. The summed E-state index contributed by atoms with van der Waals surface area (Å²) in [5.41, 5.74) is 2.04. The third-order valence-electron chi connectivity index (χ3n) is 4.36. The number of rotatable bonds is 2. The Morgan fingerprint density at radius 3 is 1.82 bits per heavy atom. The zero-order chi connectivity index (χ0) is 15.7. The Morgan fingerprint density at radius 1 is 0.727 bits per heavy atom. The molecule has 22 heavy (non-hydrogen) atoms. The first-order valence-corrected chi connectivity index (χ1v) is 7.43. The van der Waals surface area contributed by atoms with Gasteiger partial charge in [-0.2, -0.15) is 0 Å². The van der Waals surface area contributed by atoms with Crippen molar-refractivity contribution in [2.24, 2.45) is 0 Å². The lowest BCUT2D eigenvalue weighted by atomic mass is 9.83. The van der Waals surface area contributed by atoms with Crippen LogP contribution in [0.3, 0.4) is 0 Å². The number of hydrogen-bond donors (Lipinski definition) is 0. The maximum absolute atomic E-state index is 13.3. The van der Waals surface area contributed by atoms with Gasteiger partial charge in [-0.1, -0.05) is 24.3 Å². The number of halogens is 4.